The van der Waals surface area contributed by atoms with Gasteiger partial charge in [-0.25, -0.2) is 9.18 Å². The summed E-state index contributed by atoms with van der Waals surface area (Å²) in [6.07, 6.45) is -1.35. The van der Waals surface area contributed by atoms with E-state index in [1.807, 2.05) is 5.32 Å². The summed E-state index contributed by atoms with van der Waals surface area (Å²) in [5, 5.41) is 1.91. The summed E-state index contributed by atoms with van der Waals surface area (Å²) in [4.78, 5) is 39.4. The Balaban J connectivity index is 2.24. The number of ketones is 1. The Morgan fingerprint density at radius 3 is 2.26 bits per heavy atom. The third-order valence-electron chi connectivity index (χ3n) is 4.83. The molecule has 9 heteroatoms. The maximum absolute atomic E-state index is 15.9. The van der Waals surface area contributed by atoms with E-state index in [1.54, 1.807) is 0 Å². The van der Waals surface area contributed by atoms with Crippen LogP contribution in [0.2, 0.25) is 0 Å². The fraction of sp³-hybridized carbons (Fsp3) is 0.318. The monoisotopic (exact) mass is 434 g/mol. The van der Waals surface area contributed by atoms with Crippen molar-refractivity contribution in [1.82, 2.24) is 5.32 Å². The minimum Gasteiger partial charge on any atom is -0.444 e. The predicted molar refractivity (Wildman–Crippen MR) is 107 cm³/mol. The molecular weight excluding hydrogens is 413 g/mol. The van der Waals surface area contributed by atoms with Crippen LogP contribution in [0.25, 0.3) is 0 Å². The molecule has 31 heavy (non-hydrogen) atoms. The molecular formula is C22H21F3N2O4. The van der Waals surface area contributed by atoms with Gasteiger partial charge in [-0.15, -0.1) is 0 Å². The number of hydrogen-bond donors (Lipinski definition) is 1. The van der Waals surface area contributed by atoms with Gasteiger partial charge in [0.25, 0.3) is 5.91 Å². The predicted octanol–water partition coefficient (Wildman–Crippen LogP) is 4.04. The largest absolute Gasteiger partial charge is 0.444 e. The standard InChI is InChI=1S/C22H21F3N2O4/c1-20(2,3)31-19(30)26-21(22(24,25)17(28)13-8-6-5-7-9-13)15-12-14(23)10-11-16(15)27(4)18(21)29/h5-12H,1-4H3,(H,26,30). The summed E-state index contributed by atoms with van der Waals surface area (Å²) in [5.74, 6) is -8.40. The highest BCUT2D eigenvalue weighted by Gasteiger charge is 2.70. The molecule has 3 rings (SSSR count). The molecule has 164 valence electrons. The van der Waals surface area contributed by atoms with E-state index >= 15 is 8.78 Å². The fourth-order valence-electron chi connectivity index (χ4n) is 3.48. The van der Waals surface area contributed by atoms with Gasteiger partial charge in [0.05, 0.1) is 0 Å². The summed E-state index contributed by atoms with van der Waals surface area (Å²) in [6, 6.07) is 9.44. The van der Waals surface area contributed by atoms with Crippen molar-refractivity contribution in [2.45, 2.75) is 37.8 Å². The van der Waals surface area contributed by atoms with E-state index < -0.39 is 46.2 Å². The Morgan fingerprint density at radius 1 is 1.06 bits per heavy atom. The van der Waals surface area contributed by atoms with Crippen molar-refractivity contribution in [2.75, 3.05) is 11.9 Å². The van der Waals surface area contributed by atoms with Crippen LogP contribution in [0.1, 0.15) is 36.7 Å². The summed E-state index contributed by atoms with van der Waals surface area (Å²) in [7, 11) is 1.20. The normalized spacial score (nSPS) is 18.5. The number of fused-ring (bicyclic) bond motifs is 1. The molecule has 0 fully saturated rings. The molecule has 0 radical (unpaired) electrons. The second kappa shape index (κ2) is 7.40. The molecule has 0 aliphatic carbocycles. The molecule has 0 bridgehead atoms. The number of hydrogen-bond acceptors (Lipinski definition) is 4. The quantitative estimate of drug-likeness (QED) is 0.737. The number of nitrogens with one attached hydrogen (secondary N) is 1. The average Bonchev–Trinajstić information content (AvgIpc) is 2.89. The maximum Gasteiger partial charge on any atom is 0.408 e. The molecule has 2 aromatic carbocycles. The first-order chi connectivity index (χ1) is 14.3. The van der Waals surface area contributed by atoms with E-state index in [1.165, 1.54) is 46.0 Å². The lowest BCUT2D eigenvalue weighted by Gasteiger charge is -2.36. The van der Waals surface area contributed by atoms with Gasteiger partial charge in [0, 0.05) is 23.9 Å². The fourth-order valence-corrected chi connectivity index (χ4v) is 3.48. The molecule has 1 aliphatic rings. The Hall–Kier alpha value is -3.36. The number of amides is 2. The third kappa shape index (κ3) is 3.64. The summed E-state index contributed by atoms with van der Waals surface area (Å²) in [6.45, 7) is 4.51. The molecule has 0 saturated carbocycles. The lowest BCUT2D eigenvalue weighted by atomic mass is 9.80. The summed E-state index contributed by atoms with van der Waals surface area (Å²) >= 11 is 0. The zero-order valence-electron chi connectivity index (χ0n) is 17.3. The number of anilines is 1. The zero-order valence-corrected chi connectivity index (χ0v) is 17.3. The van der Waals surface area contributed by atoms with Gasteiger partial charge in [0.1, 0.15) is 11.4 Å². The van der Waals surface area contributed by atoms with E-state index in [9.17, 15) is 18.8 Å². The number of carbonyl (C=O) groups is 3. The number of carbonyl (C=O) groups excluding carboxylic acids is 3. The van der Waals surface area contributed by atoms with Crippen molar-refractivity contribution >= 4 is 23.5 Å². The minimum absolute atomic E-state index is 0.0667. The highest BCUT2D eigenvalue weighted by Crippen LogP contribution is 2.50. The van der Waals surface area contributed by atoms with Crippen LogP contribution in [0.4, 0.5) is 23.7 Å². The zero-order chi connectivity index (χ0) is 23.2. The van der Waals surface area contributed by atoms with Crippen LogP contribution in [-0.4, -0.2) is 36.4 Å². The number of ether oxygens (including phenoxy) is 1. The van der Waals surface area contributed by atoms with E-state index in [4.69, 9.17) is 4.74 Å². The number of halogens is 3. The number of Topliss-reactive ketones (excluding diaryl/α,β-unsaturated/α-hetero) is 1. The molecule has 1 unspecified atom stereocenters. The van der Waals surface area contributed by atoms with Gasteiger partial charge in [-0.3, -0.25) is 14.9 Å². The van der Waals surface area contributed by atoms with Crippen molar-refractivity contribution < 1.29 is 32.3 Å². The molecule has 0 spiro atoms. The van der Waals surface area contributed by atoms with Gasteiger partial charge in [0.2, 0.25) is 11.3 Å². The van der Waals surface area contributed by atoms with Crippen LogP contribution < -0.4 is 10.2 Å². The molecule has 0 saturated heterocycles. The first kappa shape index (κ1) is 22.3. The number of nitrogens with zero attached hydrogens (tertiary/aromatic N) is 1. The van der Waals surface area contributed by atoms with Gasteiger partial charge in [-0.05, 0) is 39.0 Å². The molecule has 2 aromatic rings. The highest BCUT2D eigenvalue weighted by atomic mass is 19.3. The topological polar surface area (TPSA) is 75.7 Å². The van der Waals surface area contributed by atoms with Crippen molar-refractivity contribution in [3.05, 3.63) is 65.5 Å². The first-order valence-electron chi connectivity index (χ1n) is 9.38. The van der Waals surface area contributed by atoms with Crippen LogP contribution in [0, 0.1) is 5.82 Å². The van der Waals surface area contributed by atoms with Gasteiger partial charge in [-0.2, -0.15) is 8.78 Å². The van der Waals surface area contributed by atoms with Crippen LogP contribution in [-0.2, 0) is 15.1 Å². The molecule has 1 atom stereocenters. The van der Waals surface area contributed by atoms with Crippen LogP contribution >= 0.6 is 0 Å². The van der Waals surface area contributed by atoms with E-state index in [-0.39, 0.29) is 11.3 Å². The second-order valence-corrected chi connectivity index (χ2v) is 8.17. The van der Waals surface area contributed by atoms with E-state index in [0.29, 0.717) is 6.07 Å². The number of alkyl carbamates (subject to hydrolysis) is 1. The van der Waals surface area contributed by atoms with Crippen LogP contribution in [0.5, 0.6) is 0 Å². The molecule has 0 aromatic heterocycles. The maximum atomic E-state index is 15.9. The first-order valence-corrected chi connectivity index (χ1v) is 9.38. The summed E-state index contributed by atoms with van der Waals surface area (Å²) in [5.41, 5.74) is -5.27. The summed E-state index contributed by atoms with van der Waals surface area (Å²) < 4.78 is 51.0. The van der Waals surface area contributed by atoms with Crippen LogP contribution in [0.3, 0.4) is 0 Å². The SMILES string of the molecule is CN1C(=O)C(NC(=O)OC(C)(C)C)(C(F)(F)C(=O)c2ccccc2)c2cc(F)ccc21. The van der Waals surface area contributed by atoms with Crippen molar-refractivity contribution in [3.8, 4) is 0 Å². The Kier molecular flexibility index (Phi) is 5.33. The number of benzene rings is 2. The lowest BCUT2D eigenvalue weighted by Crippen LogP contribution is -2.66. The number of likely N-dealkylation sites (N-methyl/N-ethyl adjacent to an activating group) is 1. The number of alkyl halides is 2. The molecule has 1 aliphatic heterocycles. The van der Waals surface area contributed by atoms with Gasteiger partial charge < -0.3 is 9.64 Å². The van der Waals surface area contributed by atoms with Crippen LogP contribution in [0.15, 0.2) is 48.5 Å². The smallest absolute Gasteiger partial charge is 0.408 e. The Labute approximate surface area is 177 Å². The average molecular weight is 434 g/mol. The lowest BCUT2D eigenvalue weighted by molar-refractivity contribution is -0.138. The second-order valence-electron chi connectivity index (χ2n) is 8.17. The Bertz CT molecular complexity index is 1050. The van der Waals surface area contributed by atoms with Gasteiger partial charge in [-0.1, -0.05) is 30.3 Å². The van der Waals surface area contributed by atoms with E-state index in [2.05, 4.69) is 0 Å². The van der Waals surface area contributed by atoms with Gasteiger partial charge >= 0.3 is 12.0 Å². The Morgan fingerprint density at radius 2 is 1.68 bits per heavy atom. The third-order valence-corrected chi connectivity index (χ3v) is 4.83. The van der Waals surface area contributed by atoms with Crippen molar-refractivity contribution in [1.29, 1.82) is 0 Å². The van der Waals surface area contributed by atoms with E-state index in [0.717, 1.165) is 29.2 Å². The molecule has 2 amide bonds. The van der Waals surface area contributed by atoms with Crippen molar-refractivity contribution in [3.63, 3.8) is 0 Å². The highest BCUT2D eigenvalue weighted by molar-refractivity contribution is 6.15. The molecule has 1 heterocycles. The molecule has 6 nitrogen and oxygen atoms in total. The number of rotatable bonds is 4. The van der Waals surface area contributed by atoms with Gasteiger partial charge in [0.15, 0.2) is 0 Å². The molecule has 1 N–H and O–H groups in total. The van der Waals surface area contributed by atoms with Crippen molar-refractivity contribution in [2.24, 2.45) is 0 Å². The minimum atomic E-state index is -4.48.